The Balaban J connectivity index is 2.15. The molecule has 1 aromatic carbocycles. The summed E-state index contributed by atoms with van der Waals surface area (Å²) in [5.41, 5.74) is 0.973. The average molecular weight is 303 g/mol. The molecule has 0 spiro atoms. The highest BCUT2D eigenvalue weighted by atomic mass is 32.1. The van der Waals surface area contributed by atoms with Crippen LogP contribution in [0.15, 0.2) is 36.5 Å². The van der Waals surface area contributed by atoms with Crippen LogP contribution in [0.25, 0.3) is 0 Å². The van der Waals surface area contributed by atoms with Gasteiger partial charge in [-0.15, -0.1) is 11.3 Å². The van der Waals surface area contributed by atoms with Crippen LogP contribution < -0.4 is 5.32 Å². The first-order valence-corrected chi connectivity index (χ1v) is 7.78. The molecule has 0 radical (unpaired) electrons. The van der Waals surface area contributed by atoms with Crippen molar-refractivity contribution in [2.75, 3.05) is 19.4 Å². The number of amides is 1. The summed E-state index contributed by atoms with van der Waals surface area (Å²) in [6.45, 7) is 4.23. The fraction of sp³-hybridized carbons (Fsp3) is 0.375. The molecule has 1 heterocycles. The molecule has 0 aliphatic rings. The maximum absolute atomic E-state index is 12.5. The van der Waals surface area contributed by atoms with Crippen molar-refractivity contribution < 1.29 is 4.79 Å². The second-order valence-corrected chi connectivity index (χ2v) is 6.55. The zero-order valence-electron chi connectivity index (χ0n) is 12.8. The number of nitrogens with one attached hydrogen (secondary N) is 1. The van der Waals surface area contributed by atoms with Gasteiger partial charge in [-0.3, -0.25) is 9.69 Å². The molecule has 0 saturated heterocycles. The number of carbonyl (C=O) groups excluding carboxylic acids is 1. The minimum atomic E-state index is -0.322. The molecule has 0 aliphatic carbocycles. The Kier molecular flexibility index (Phi) is 5.09. The zero-order valence-corrected chi connectivity index (χ0v) is 13.6. The molecule has 0 aliphatic heterocycles. The molecule has 1 unspecified atom stereocenters. The van der Waals surface area contributed by atoms with E-state index in [4.69, 9.17) is 0 Å². The van der Waals surface area contributed by atoms with E-state index in [1.807, 2.05) is 55.5 Å². The lowest BCUT2D eigenvalue weighted by atomic mass is 10.1. The molecule has 4 nitrogen and oxygen atoms in total. The number of likely N-dealkylation sites (N-methyl/N-ethyl adjacent to an activating group) is 1. The summed E-state index contributed by atoms with van der Waals surface area (Å²) in [5.74, 6) is 0.364. The van der Waals surface area contributed by atoms with E-state index in [-0.39, 0.29) is 11.9 Å². The van der Waals surface area contributed by atoms with Gasteiger partial charge in [-0.25, -0.2) is 4.98 Å². The topological polar surface area (TPSA) is 45.2 Å². The third-order valence-corrected chi connectivity index (χ3v) is 4.42. The lowest BCUT2D eigenvalue weighted by molar-refractivity contribution is -0.120. The molecule has 0 saturated carbocycles. The summed E-state index contributed by atoms with van der Waals surface area (Å²) in [7, 11) is 3.80. The van der Waals surface area contributed by atoms with Gasteiger partial charge in [0, 0.05) is 11.1 Å². The van der Waals surface area contributed by atoms with E-state index in [1.54, 1.807) is 0 Å². The molecule has 1 aromatic heterocycles. The minimum Gasteiger partial charge on any atom is -0.300 e. The average Bonchev–Trinajstić information content (AvgIpc) is 2.88. The molecule has 1 atom stereocenters. The minimum absolute atomic E-state index is 0.0594. The number of hydrogen-bond acceptors (Lipinski definition) is 4. The van der Waals surface area contributed by atoms with Gasteiger partial charge in [0.2, 0.25) is 5.91 Å². The molecule has 2 rings (SSSR count). The first-order valence-electron chi connectivity index (χ1n) is 6.97. The van der Waals surface area contributed by atoms with Crippen molar-refractivity contribution in [3.05, 3.63) is 47.0 Å². The van der Waals surface area contributed by atoms with Crippen LogP contribution in [0.1, 0.15) is 36.2 Å². The van der Waals surface area contributed by atoms with Gasteiger partial charge in [0.25, 0.3) is 0 Å². The van der Waals surface area contributed by atoms with Crippen LogP contribution in [-0.4, -0.2) is 29.9 Å². The predicted molar refractivity (Wildman–Crippen MR) is 87.7 cm³/mol. The van der Waals surface area contributed by atoms with Crippen LogP contribution in [0.4, 0.5) is 5.13 Å². The summed E-state index contributed by atoms with van der Waals surface area (Å²) in [6.07, 6.45) is 1.83. The zero-order chi connectivity index (χ0) is 15.4. The first kappa shape index (κ1) is 15.7. The molecule has 5 heteroatoms. The summed E-state index contributed by atoms with van der Waals surface area (Å²) in [6, 6.07) is 9.44. The van der Waals surface area contributed by atoms with Gasteiger partial charge < -0.3 is 5.32 Å². The standard InChI is InChI=1S/C16H21N3OS/c1-11(2)13-10-17-16(21-13)18-15(20)14(19(3)4)12-8-6-5-7-9-12/h5-11,14H,1-4H3,(H,17,18,20). The molecule has 0 bridgehead atoms. The SMILES string of the molecule is CC(C)c1cnc(NC(=O)C(c2ccccc2)N(C)C)s1. The summed E-state index contributed by atoms with van der Waals surface area (Å²) in [4.78, 5) is 19.9. The Morgan fingerprint density at radius 2 is 1.90 bits per heavy atom. The second kappa shape index (κ2) is 6.83. The fourth-order valence-electron chi connectivity index (χ4n) is 2.10. The number of thiazole rings is 1. The monoisotopic (exact) mass is 303 g/mol. The number of benzene rings is 1. The first-order chi connectivity index (χ1) is 9.99. The Morgan fingerprint density at radius 1 is 1.24 bits per heavy atom. The predicted octanol–water partition coefficient (Wildman–Crippen LogP) is 3.51. The van der Waals surface area contributed by atoms with Gasteiger partial charge in [-0.2, -0.15) is 0 Å². The van der Waals surface area contributed by atoms with Gasteiger partial charge in [0.1, 0.15) is 6.04 Å². The van der Waals surface area contributed by atoms with E-state index in [0.717, 1.165) is 5.56 Å². The van der Waals surface area contributed by atoms with E-state index in [0.29, 0.717) is 11.0 Å². The van der Waals surface area contributed by atoms with Gasteiger partial charge >= 0.3 is 0 Å². The highest BCUT2D eigenvalue weighted by Gasteiger charge is 2.23. The maximum Gasteiger partial charge on any atom is 0.248 e. The Labute approximate surface area is 129 Å². The molecular formula is C16H21N3OS. The normalized spacial score (nSPS) is 12.7. The van der Waals surface area contributed by atoms with Crippen LogP contribution in [0.2, 0.25) is 0 Å². The third-order valence-electron chi connectivity index (χ3n) is 3.20. The summed E-state index contributed by atoms with van der Waals surface area (Å²) < 4.78 is 0. The van der Waals surface area contributed by atoms with E-state index >= 15 is 0 Å². The highest BCUT2D eigenvalue weighted by molar-refractivity contribution is 7.15. The largest absolute Gasteiger partial charge is 0.300 e. The smallest absolute Gasteiger partial charge is 0.248 e. The molecule has 1 amide bonds. The molecule has 1 N–H and O–H groups in total. The van der Waals surface area contributed by atoms with Gasteiger partial charge in [0.15, 0.2) is 5.13 Å². The van der Waals surface area contributed by atoms with Crippen molar-refractivity contribution in [1.29, 1.82) is 0 Å². The van der Waals surface area contributed by atoms with Crippen molar-refractivity contribution in [3.8, 4) is 0 Å². The van der Waals surface area contributed by atoms with Crippen LogP contribution in [0, 0.1) is 0 Å². The van der Waals surface area contributed by atoms with Crippen molar-refractivity contribution in [1.82, 2.24) is 9.88 Å². The van der Waals surface area contributed by atoms with Crippen molar-refractivity contribution in [3.63, 3.8) is 0 Å². The third kappa shape index (κ3) is 3.89. The summed E-state index contributed by atoms with van der Waals surface area (Å²) in [5, 5.41) is 3.58. The van der Waals surface area contributed by atoms with Crippen molar-refractivity contribution in [2.24, 2.45) is 0 Å². The Morgan fingerprint density at radius 3 is 2.43 bits per heavy atom. The molecule has 112 valence electrons. The second-order valence-electron chi connectivity index (χ2n) is 5.49. The Hall–Kier alpha value is -1.72. The van der Waals surface area contributed by atoms with Crippen molar-refractivity contribution in [2.45, 2.75) is 25.8 Å². The molecule has 2 aromatic rings. The van der Waals surface area contributed by atoms with Crippen LogP contribution in [-0.2, 0) is 4.79 Å². The van der Waals surface area contributed by atoms with E-state index < -0.39 is 0 Å². The van der Waals surface area contributed by atoms with Crippen LogP contribution in [0.3, 0.4) is 0 Å². The number of carbonyl (C=O) groups is 1. The van der Waals surface area contributed by atoms with Gasteiger partial charge in [-0.05, 0) is 25.6 Å². The molecule has 21 heavy (non-hydrogen) atoms. The lowest BCUT2D eigenvalue weighted by Crippen LogP contribution is -2.32. The lowest BCUT2D eigenvalue weighted by Gasteiger charge is -2.23. The number of anilines is 1. The van der Waals surface area contributed by atoms with E-state index in [2.05, 4.69) is 24.1 Å². The van der Waals surface area contributed by atoms with Crippen LogP contribution >= 0.6 is 11.3 Å². The van der Waals surface area contributed by atoms with Gasteiger partial charge in [-0.1, -0.05) is 44.2 Å². The molecular weight excluding hydrogens is 282 g/mol. The van der Waals surface area contributed by atoms with Crippen molar-refractivity contribution >= 4 is 22.4 Å². The highest BCUT2D eigenvalue weighted by Crippen LogP contribution is 2.27. The fourth-order valence-corrected chi connectivity index (χ4v) is 2.93. The number of hydrogen-bond donors (Lipinski definition) is 1. The van der Waals surface area contributed by atoms with E-state index in [9.17, 15) is 4.79 Å². The Bertz CT molecular complexity index is 593. The quantitative estimate of drug-likeness (QED) is 0.919. The number of rotatable bonds is 5. The number of nitrogens with zero attached hydrogens (tertiary/aromatic N) is 2. The van der Waals surface area contributed by atoms with E-state index in [1.165, 1.54) is 16.2 Å². The van der Waals surface area contributed by atoms with Crippen LogP contribution in [0.5, 0.6) is 0 Å². The number of aromatic nitrogens is 1. The maximum atomic E-state index is 12.5. The molecule has 0 fully saturated rings. The van der Waals surface area contributed by atoms with Gasteiger partial charge in [0.05, 0.1) is 0 Å². The summed E-state index contributed by atoms with van der Waals surface area (Å²) >= 11 is 1.53.